The molecule has 0 amide bonds. The average Bonchev–Trinajstić information content (AvgIpc) is 3.24. The van der Waals surface area contributed by atoms with Crippen LogP contribution in [0.3, 0.4) is 0 Å². The van der Waals surface area contributed by atoms with Crippen LogP contribution in [-0.4, -0.2) is 27.7 Å². The van der Waals surface area contributed by atoms with Crippen molar-refractivity contribution < 1.29 is 9.53 Å². The zero-order chi connectivity index (χ0) is 21.8. The Morgan fingerprint density at radius 2 is 1.69 bits per heavy atom. The highest BCUT2D eigenvalue weighted by atomic mass is 16.5. The topological polar surface area (TPSA) is 89.0 Å². The number of rotatable bonds is 2. The fourth-order valence-electron chi connectivity index (χ4n) is 4.42. The number of benzene rings is 3. The first-order chi connectivity index (χ1) is 15.7. The monoisotopic (exact) mass is 422 g/mol. The molecule has 6 rings (SSSR count). The van der Waals surface area contributed by atoms with E-state index in [1.54, 1.807) is 18.2 Å². The fourth-order valence-corrected chi connectivity index (χ4v) is 4.42. The van der Waals surface area contributed by atoms with E-state index in [1.807, 2.05) is 48.5 Å². The van der Waals surface area contributed by atoms with Gasteiger partial charge in [-0.15, -0.1) is 0 Å². The molecule has 3 aromatic carbocycles. The summed E-state index contributed by atoms with van der Waals surface area (Å²) in [6.45, 7) is 0. The van der Waals surface area contributed by atoms with Gasteiger partial charge < -0.3 is 15.1 Å². The predicted octanol–water partition coefficient (Wildman–Crippen LogP) is 3.98. The quantitative estimate of drug-likeness (QED) is 0.420. The zero-order valence-electron chi connectivity index (χ0n) is 17.1. The van der Waals surface area contributed by atoms with Crippen molar-refractivity contribution in [2.45, 2.75) is 6.04 Å². The van der Waals surface area contributed by atoms with Crippen LogP contribution >= 0.6 is 0 Å². The number of H-pyrrole nitrogens is 1. The molecule has 0 aliphatic carbocycles. The van der Waals surface area contributed by atoms with Gasteiger partial charge in [0, 0.05) is 16.5 Å². The normalized spacial score (nSPS) is 14.6. The Hall–Kier alpha value is -4.39. The standard InChI is InChI=1S/C25H18N4O3/c1-32-25(31)15-12-10-14(11-13-15)21-20-16-6-2-4-8-18(16)26-22(20)23-27-19-9-5-3-7-17(19)24(30)29(23)28-21/h2-13,21,26,28H,1H3. The lowest BCUT2D eigenvalue weighted by Gasteiger charge is -2.29. The molecule has 32 heavy (non-hydrogen) atoms. The van der Waals surface area contributed by atoms with Crippen LogP contribution in [0.2, 0.25) is 0 Å². The van der Waals surface area contributed by atoms with E-state index in [-0.39, 0.29) is 11.6 Å². The molecule has 1 atom stereocenters. The van der Waals surface area contributed by atoms with Crippen LogP contribution in [0.4, 0.5) is 0 Å². The van der Waals surface area contributed by atoms with Crippen LogP contribution in [0.15, 0.2) is 77.6 Å². The number of nitrogens with one attached hydrogen (secondary N) is 2. The van der Waals surface area contributed by atoms with Gasteiger partial charge in [0.2, 0.25) is 0 Å². The molecule has 1 unspecified atom stereocenters. The number of para-hydroxylation sites is 2. The van der Waals surface area contributed by atoms with E-state index in [0.29, 0.717) is 22.3 Å². The van der Waals surface area contributed by atoms with Crippen LogP contribution in [0.1, 0.15) is 27.5 Å². The fraction of sp³-hybridized carbons (Fsp3) is 0.0800. The summed E-state index contributed by atoms with van der Waals surface area (Å²) in [7, 11) is 1.36. The van der Waals surface area contributed by atoms with Crippen molar-refractivity contribution in [3.8, 4) is 11.5 Å². The maximum atomic E-state index is 13.3. The van der Waals surface area contributed by atoms with Gasteiger partial charge in [-0.05, 0) is 35.9 Å². The van der Waals surface area contributed by atoms with Crippen molar-refractivity contribution >= 4 is 27.8 Å². The third kappa shape index (κ3) is 2.58. The molecule has 2 aromatic heterocycles. The van der Waals surface area contributed by atoms with E-state index in [2.05, 4.69) is 16.5 Å². The van der Waals surface area contributed by atoms with Gasteiger partial charge >= 0.3 is 5.97 Å². The number of aromatic nitrogens is 3. The second-order valence-electron chi connectivity index (χ2n) is 7.73. The zero-order valence-corrected chi connectivity index (χ0v) is 17.1. The van der Waals surface area contributed by atoms with E-state index < -0.39 is 5.97 Å². The molecular weight excluding hydrogens is 404 g/mol. The van der Waals surface area contributed by atoms with Gasteiger partial charge in [0.1, 0.15) is 0 Å². The minimum Gasteiger partial charge on any atom is -0.465 e. The van der Waals surface area contributed by atoms with Gasteiger partial charge in [0.05, 0.1) is 35.3 Å². The number of hydrogen-bond donors (Lipinski definition) is 2. The van der Waals surface area contributed by atoms with E-state index in [9.17, 15) is 9.59 Å². The second-order valence-corrected chi connectivity index (χ2v) is 7.73. The lowest BCUT2D eigenvalue weighted by atomic mass is 9.94. The number of ether oxygens (including phenoxy) is 1. The molecule has 0 saturated heterocycles. The predicted molar refractivity (Wildman–Crippen MR) is 122 cm³/mol. The van der Waals surface area contributed by atoms with Crippen LogP contribution < -0.4 is 11.0 Å². The number of nitrogens with zero attached hydrogens (tertiary/aromatic N) is 2. The molecule has 0 fully saturated rings. The van der Waals surface area contributed by atoms with Crippen molar-refractivity contribution in [3.63, 3.8) is 0 Å². The van der Waals surface area contributed by atoms with E-state index in [1.165, 1.54) is 11.8 Å². The van der Waals surface area contributed by atoms with E-state index in [4.69, 9.17) is 9.72 Å². The summed E-state index contributed by atoms with van der Waals surface area (Å²) in [5.74, 6) is 0.153. The molecule has 0 bridgehead atoms. The smallest absolute Gasteiger partial charge is 0.337 e. The number of methoxy groups -OCH3 is 1. The first kappa shape index (κ1) is 18.4. The highest BCUT2D eigenvalue weighted by Crippen LogP contribution is 2.40. The molecule has 2 N–H and O–H groups in total. The summed E-state index contributed by atoms with van der Waals surface area (Å²) in [6, 6.07) is 22.2. The van der Waals surface area contributed by atoms with Crippen molar-refractivity contribution in [1.29, 1.82) is 0 Å². The summed E-state index contributed by atoms with van der Waals surface area (Å²) in [6.07, 6.45) is 0. The second kappa shape index (κ2) is 6.81. The van der Waals surface area contributed by atoms with E-state index >= 15 is 0 Å². The Bertz CT molecular complexity index is 1580. The number of hydrogen-bond acceptors (Lipinski definition) is 5. The minimum atomic E-state index is -0.391. The first-order valence-electron chi connectivity index (χ1n) is 10.2. The summed E-state index contributed by atoms with van der Waals surface area (Å²) < 4.78 is 6.33. The number of aromatic amines is 1. The highest BCUT2D eigenvalue weighted by Gasteiger charge is 2.31. The molecular formula is C25H18N4O3. The van der Waals surface area contributed by atoms with Gasteiger partial charge in [-0.2, -0.15) is 0 Å². The summed E-state index contributed by atoms with van der Waals surface area (Å²) in [4.78, 5) is 33.5. The summed E-state index contributed by atoms with van der Waals surface area (Å²) >= 11 is 0. The molecule has 0 spiro atoms. The van der Waals surface area contributed by atoms with Crippen molar-refractivity contribution in [2.24, 2.45) is 0 Å². The molecule has 1 aliphatic heterocycles. The summed E-state index contributed by atoms with van der Waals surface area (Å²) in [5, 5.41) is 1.59. The Morgan fingerprint density at radius 1 is 0.969 bits per heavy atom. The molecule has 5 aromatic rings. The maximum absolute atomic E-state index is 13.3. The molecule has 156 valence electrons. The average molecular weight is 422 g/mol. The van der Waals surface area contributed by atoms with Gasteiger partial charge in [-0.1, -0.05) is 42.5 Å². The number of carbonyl (C=O) groups excluding carboxylic acids is 1. The third-order valence-corrected chi connectivity index (χ3v) is 5.96. The van der Waals surface area contributed by atoms with Crippen molar-refractivity contribution in [2.75, 3.05) is 12.5 Å². The summed E-state index contributed by atoms with van der Waals surface area (Å²) in [5.41, 5.74) is 8.02. The van der Waals surface area contributed by atoms with Crippen LogP contribution in [-0.2, 0) is 4.74 Å². The lowest BCUT2D eigenvalue weighted by Crippen LogP contribution is -2.37. The first-order valence-corrected chi connectivity index (χ1v) is 10.2. The third-order valence-electron chi connectivity index (χ3n) is 5.96. The molecule has 0 radical (unpaired) electrons. The Balaban J connectivity index is 1.62. The lowest BCUT2D eigenvalue weighted by molar-refractivity contribution is 0.0600. The maximum Gasteiger partial charge on any atom is 0.337 e. The van der Waals surface area contributed by atoms with Crippen LogP contribution in [0.5, 0.6) is 0 Å². The van der Waals surface area contributed by atoms with Crippen molar-refractivity contribution in [1.82, 2.24) is 14.6 Å². The van der Waals surface area contributed by atoms with Gasteiger partial charge in [-0.25, -0.2) is 14.5 Å². The van der Waals surface area contributed by atoms with E-state index in [0.717, 1.165) is 27.7 Å². The van der Waals surface area contributed by atoms with Gasteiger partial charge in [-0.3, -0.25) is 4.79 Å². The molecule has 7 nitrogen and oxygen atoms in total. The molecule has 1 aliphatic rings. The largest absolute Gasteiger partial charge is 0.465 e. The minimum absolute atomic E-state index is 0.161. The molecule has 3 heterocycles. The van der Waals surface area contributed by atoms with Crippen molar-refractivity contribution in [3.05, 3.63) is 99.8 Å². The Labute approximate surface area is 182 Å². The van der Waals surface area contributed by atoms with Crippen LogP contribution in [0.25, 0.3) is 33.3 Å². The number of esters is 1. The SMILES string of the molecule is COC(=O)c1ccc(C2Nn3c(nc4ccccc4c3=O)-c3[nH]c4ccccc4c32)cc1. The number of fused-ring (bicyclic) bond motifs is 6. The van der Waals surface area contributed by atoms with Gasteiger partial charge in [0.15, 0.2) is 5.82 Å². The molecule has 0 saturated carbocycles. The molecule has 7 heteroatoms. The van der Waals surface area contributed by atoms with Crippen LogP contribution in [0, 0.1) is 0 Å². The highest BCUT2D eigenvalue weighted by molar-refractivity contribution is 5.93. The number of carbonyl (C=O) groups is 1. The Kier molecular flexibility index (Phi) is 3.91. The van der Waals surface area contributed by atoms with Gasteiger partial charge in [0.25, 0.3) is 5.56 Å². The Morgan fingerprint density at radius 3 is 2.47 bits per heavy atom.